The number of carbonyl (C=O) groups is 1. The van der Waals surface area contributed by atoms with Crippen LogP contribution >= 0.6 is 0 Å². The summed E-state index contributed by atoms with van der Waals surface area (Å²) in [7, 11) is 0. The first-order valence-electron chi connectivity index (χ1n) is 8.09. The van der Waals surface area contributed by atoms with Gasteiger partial charge in [0.25, 0.3) is 0 Å². The minimum absolute atomic E-state index is 0.554. The van der Waals surface area contributed by atoms with Crippen LogP contribution in [0.2, 0.25) is 0 Å². The van der Waals surface area contributed by atoms with Gasteiger partial charge in [-0.15, -0.1) is 0 Å². The largest absolute Gasteiger partial charge is 0.479 e. The third kappa shape index (κ3) is 2.49. The minimum Gasteiger partial charge on any atom is -0.479 e. The number of benzene rings is 1. The quantitative estimate of drug-likeness (QED) is 0.798. The molecule has 6 nitrogen and oxygen atoms in total. The Kier molecular flexibility index (Phi) is 3.61. The topological polar surface area (TPSA) is 71.5 Å². The van der Waals surface area contributed by atoms with E-state index < -0.39 is 11.5 Å². The van der Waals surface area contributed by atoms with Crippen LogP contribution in [-0.4, -0.2) is 38.8 Å². The van der Waals surface area contributed by atoms with Gasteiger partial charge in [-0.1, -0.05) is 6.07 Å². The number of piperidine rings is 1. The van der Waals surface area contributed by atoms with Gasteiger partial charge in [0.05, 0.1) is 6.26 Å². The van der Waals surface area contributed by atoms with E-state index in [1.165, 1.54) is 5.56 Å². The van der Waals surface area contributed by atoms with Crippen molar-refractivity contribution < 1.29 is 14.3 Å². The number of aromatic nitrogens is 2. The smallest absolute Gasteiger partial charge is 0.331 e. The van der Waals surface area contributed by atoms with Crippen LogP contribution in [-0.2, 0) is 16.9 Å². The summed E-state index contributed by atoms with van der Waals surface area (Å²) in [5.41, 5.74) is 1.18. The Balaban J connectivity index is 1.48. The molecule has 0 spiro atoms. The molecule has 0 atom stereocenters. The molecule has 4 rings (SSSR count). The summed E-state index contributed by atoms with van der Waals surface area (Å²) in [6, 6.07) is 9.92. The molecule has 0 saturated carbocycles. The second-order valence-corrected chi connectivity index (χ2v) is 6.36. The molecule has 0 aliphatic carbocycles. The Morgan fingerprint density at radius 2 is 2.12 bits per heavy atom. The van der Waals surface area contributed by atoms with Crippen molar-refractivity contribution in [2.24, 2.45) is 0 Å². The van der Waals surface area contributed by atoms with E-state index in [-0.39, 0.29) is 0 Å². The third-order valence-electron chi connectivity index (χ3n) is 4.95. The molecule has 0 amide bonds. The average Bonchev–Trinajstić information content (AvgIpc) is 3.27. The Morgan fingerprint density at radius 3 is 2.83 bits per heavy atom. The molecule has 1 aliphatic heterocycles. The summed E-state index contributed by atoms with van der Waals surface area (Å²) in [6.45, 7) is 2.28. The number of hydrogen-bond acceptors (Lipinski definition) is 4. The first kappa shape index (κ1) is 15.0. The van der Waals surface area contributed by atoms with Crippen molar-refractivity contribution in [1.82, 2.24) is 14.7 Å². The molecule has 24 heavy (non-hydrogen) atoms. The maximum Gasteiger partial charge on any atom is 0.331 e. The lowest BCUT2D eigenvalue weighted by molar-refractivity contribution is -0.151. The van der Waals surface area contributed by atoms with Crippen LogP contribution < -0.4 is 0 Å². The van der Waals surface area contributed by atoms with Gasteiger partial charge in [0, 0.05) is 37.4 Å². The zero-order valence-corrected chi connectivity index (χ0v) is 13.3. The third-order valence-corrected chi connectivity index (χ3v) is 4.95. The van der Waals surface area contributed by atoms with E-state index in [1.807, 2.05) is 12.1 Å². The van der Waals surface area contributed by atoms with Crippen LogP contribution in [0.15, 0.2) is 53.4 Å². The molecule has 0 radical (unpaired) electrons. The summed E-state index contributed by atoms with van der Waals surface area (Å²) < 4.78 is 6.97. The van der Waals surface area contributed by atoms with Crippen LogP contribution in [0.3, 0.4) is 0 Å². The number of furan rings is 1. The van der Waals surface area contributed by atoms with Gasteiger partial charge >= 0.3 is 5.97 Å². The number of fused-ring (bicyclic) bond motifs is 1. The van der Waals surface area contributed by atoms with Crippen molar-refractivity contribution in [3.8, 4) is 0 Å². The Bertz CT molecular complexity index is 845. The van der Waals surface area contributed by atoms with Crippen molar-refractivity contribution in [3.63, 3.8) is 0 Å². The van der Waals surface area contributed by atoms with Crippen LogP contribution in [0.1, 0.15) is 18.4 Å². The fourth-order valence-electron chi connectivity index (χ4n) is 3.52. The van der Waals surface area contributed by atoms with Gasteiger partial charge in [-0.05, 0) is 42.7 Å². The SMILES string of the molecule is O=C(O)C1(n2cccn2)CCN(Cc2ccc3occc3c2)CC1. The maximum absolute atomic E-state index is 11.9. The predicted molar refractivity (Wildman–Crippen MR) is 88.6 cm³/mol. The minimum atomic E-state index is -0.922. The van der Waals surface area contributed by atoms with E-state index in [2.05, 4.69) is 22.1 Å². The molecule has 1 aromatic carbocycles. The van der Waals surface area contributed by atoms with Crippen molar-refractivity contribution >= 4 is 16.9 Å². The second kappa shape index (κ2) is 5.79. The van der Waals surface area contributed by atoms with Crippen molar-refractivity contribution in [2.75, 3.05) is 13.1 Å². The maximum atomic E-state index is 11.9. The zero-order valence-electron chi connectivity index (χ0n) is 13.3. The van der Waals surface area contributed by atoms with Crippen molar-refractivity contribution in [3.05, 3.63) is 54.6 Å². The lowest BCUT2D eigenvalue weighted by atomic mass is 9.87. The zero-order chi connectivity index (χ0) is 16.6. The molecule has 124 valence electrons. The summed E-state index contributed by atoms with van der Waals surface area (Å²) in [4.78, 5) is 14.2. The highest BCUT2D eigenvalue weighted by atomic mass is 16.4. The van der Waals surface area contributed by atoms with Crippen LogP contribution in [0.5, 0.6) is 0 Å². The number of hydrogen-bond donors (Lipinski definition) is 1. The number of carboxylic acids is 1. The van der Waals surface area contributed by atoms with E-state index >= 15 is 0 Å². The van der Waals surface area contributed by atoms with Gasteiger partial charge in [-0.3, -0.25) is 9.58 Å². The summed E-state index contributed by atoms with van der Waals surface area (Å²) >= 11 is 0. The van der Waals surface area contributed by atoms with Gasteiger partial charge in [0.1, 0.15) is 5.58 Å². The lowest BCUT2D eigenvalue weighted by Crippen LogP contribution is -2.51. The van der Waals surface area contributed by atoms with Gasteiger partial charge < -0.3 is 9.52 Å². The van der Waals surface area contributed by atoms with Crippen LogP contribution in [0.4, 0.5) is 0 Å². The fraction of sp³-hybridized carbons (Fsp3) is 0.333. The van der Waals surface area contributed by atoms with E-state index in [4.69, 9.17) is 4.42 Å². The Hall–Kier alpha value is -2.60. The molecule has 6 heteroatoms. The predicted octanol–water partition coefficient (Wildman–Crippen LogP) is 2.71. The summed E-state index contributed by atoms with van der Waals surface area (Å²) in [6.07, 6.45) is 6.18. The molecule has 1 fully saturated rings. The molecule has 1 aliphatic rings. The second-order valence-electron chi connectivity index (χ2n) is 6.36. The molecular weight excluding hydrogens is 306 g/mol. The normalized spacial score (nSPS) is 18.0. The molecule has 0 unspecified atom stereocenters. The highest BCUT2D eigenvalue weighted by Crippen LogP contribution is 2.31. The molecule has 0 bridgehead atoms. The number of nitrogens with zero attached hydrogens (tertiary/aromatic N) is 3. The first-order valence-corrected chi connectivity index (χ1v) is 8.09. The average molecular weight is 325 g/mol. The van der Waals surface area contributed by atoms with Gasteiger partial charge in [-0.2, -0.15) is 5.10 Å². The Morgan fingerprint density at radius 1 is 1.29 bits per heavy atom. The monoisotopic (exact) mass is 325 g/mol. The van der Waals surface area contributed by atoms with E-state index in [9.17, 15) is 9.90 Å². The molecule has 1 saturated heterocycles. The van der Waals surface area contributed by atoms with Crippen LogP contribution in [0.25, 0.3) is 11.0 Å². The standard InChI is InChI=1S/C18H19N3O3/c22-17(23)18(21-8-1-7-19-21)5-9-20(10-6-18)13-14-2-3-16-15(12-14)4-11-24-16/h1-4,7-8,11-12H,5-6,9-10,13H2,(H,22,23). The first-order chi connectivity index (χ1) is 11.7. The molecule has 1 N–H and O–H groups in total. The number of rotatable bonds is 4. The number of aliphatic carboxylic acids is 1. The van der Waals surface area contributed by atoms with Gasteiger partial charge in [-0.25, -0.2) is 4.79 Å². The van der Waals surface area contributed by atoms with Gasteiger partial charge in [0.2, 0.25) is 0 Å². The highest BCUT2D eigenvalue weighted by molar-refractivity contribution is 5.78. The molecule has 2 aromatic heterocycles. The molecule has 3 heterocycles. The van der Waals surface area contributed by atoms with Gasteiger partial charge in [0.15, 0.2) is 5.54 Å². The highest BCUT2D eigenvalue weighted by Gasteiger charge is 2.43. The molecular formula is C18H19N3O3. The molecule has 3 aromatic rings. The fourth-order valence-corrected chi connectivity index (χ4v) is 3.52. The van der Waals surface area contributed by atoms with Crippen LogP contribution in [0, 0.1) is 0 Å². The Labute approximate surface area is 139 Å². The number of carboxylic acid groups (broad SMARTS) is 1. The van der Waals surface area contributed by atoms with E-state index in [1.54, 1.807) is 29.4 Å². The van der Waals surface area contributed by atoms with E-state index in [0.717, 1.165) is 30.6 Å². The van der Waals surface area contributed by atoms with Crippen molar-refractivity contribution in [1.29, 1.82) is 0 Å². The number of likely N-dealkylation sites (tertiary alicyclic amines) is 1. The van der Waals surface area contributed by atoms with Crippen molar-refractivity contribution in [2.45, 2.75) is 24.9 Å². The van der Waals surface area contributed by atoms with E-state index in [0.29, 0.717) is 12.8 Å². The lowest BCUT2D eigenvalue weighted by Gasteiger charge is -2.39. The summed E-state index contributed by atoms with van der Waals surface area (Å²) in [5, 5.41) is 15.0. The summed E-state index contributed by atoms with van der Waals surface area (Å²) in [5.74, 6) is -0.800.